The van der Waals surface area contributed by atoms with Gasteiger partial charge in [0.2, 0.25) is 11.9 Å². The zero-order chi connectivity index (χ0) is 14.7. The Bertz CT molecular complexity index is 647. The summed E-state index contributed by atoms with van der Waals surface area (Å²) in [5.41, 5.74) is 11.1. The van der Waals surface area contributed by atoms with E-state index in [1.165, 1.54) is 0 Å². The predicted octanol–water partition coefficient (Wildman–Crippen LogP) is 1.81. The van der Waals surface area contributed by atoms with Crippen LogP contribution in [0.15, 0.2) is 22.7 Å². The van der Waals surface area contributed by atoms with Crippen LogP contribution in [0.5, 0.6) is 0 Å². The van der Waals surface area contributed by atoms with E-state index in [1.807, 2.05) is 0 Å². The maximum absolute atomic E-state index is 11.9. The first-order valence-corrected chi connectivity index (χ1v) is 6.51. The highest BCUT2D eigenvalue weighted by Crippen LogP contribution is 2.22. The Balaban J connectivity index is 2.10. The average Bonchev–Trinajstić information content (AvgIpc) is 2.38. The summed E-state index contributed by atoms with van der Waals surface area (Å²) in [5.74, 6) is -0.517. The van der Waals surface area contributed by atoms with Crippen molar-refractivity contribution in [2.24, 2.45) is 0 Å². The second-order valence-electron chi connectivity index (χ2n) is 3.67. The van der Waals surface area contributed by atoms with Crippen molar-refractivity contribution in [1.82, 2.24) is 15.0 Å². The van der Waals surface area contributed by atoms with Gasteiger partial charge in [-0.2, -0.15) is 15.0 Å². The molecule has 7 nitrogen and oxygen atoms in total. The van der Waals surface area contributed by atoms with Gasteiger partial charge in [-0.05, 0) is 18.2 Å². The molecule has 9 heteroatoms. The minimum absolute atomic E-state index is 0.0379. The minimum Gasteiger partial charge on any atom is -0.454 e. The SMILES string of the molecule is Nc1nc(N)nc(COC(=O)c2cc(Br)ccc2Cl)n1. The van der Waals surface area contributed by atoms with Crippen molar-refractivity contribution >= 4 is 45.4 Å². The molecule has 0 fully saturated rings. The molecule has 20 heavy (non-hydrogen) atoms. The van der Waals surface area contributed by atoms with E-state index in [-0.39, 0.29) is 34.9 Å². The number of ether oxygens (including phenoxy) is 1. The van der Waals surface area contributed by atoms with Crippen molar-refractivity contribution in [3.05, 3.63) is 39.1 Å². The normalized spacial score (nSPS) is 10.3. The zero-order valence-corrected chi connectivity index (χ0v) is 12.3. The summed E-state index contributed by atoms with van der Waals surface area (Å²) in [6.45, 7) is -0.182. The van der Waals surface area contributed by atoms with E-state index in [4.69, 9.17) is 27.8 Å². The van der Waals surface area contributed by atoms with Gasteiger partial charge >= 0.3 is 5.97 Å². The molecule has 2 rings (SSSR count). The Morgan fingerprint density at radius 1 is 1.25 bits per heavy atom. The third-order valence-electron chi connectivity index (χ3n) is 2.20. The molecule has 104 valence electrons. The third-order valence-corrected chi connectivity index (χ3v) is 3.02. The number of benzene rings is 1. The van der Waals surface area contributed by atoms with E-state index >= 15 is 0 Å². The molecule has 4 N–H and O–H groups in total. The largest absolute Gasteiger partial charge is 0.454 e. The number of carbonyl (C=O) groups excluding carboxylic acids is 1. The lowest BCUT2D eigenvalue weighted by atomic mass is 10.2. The number of nitrogens with zero attached hydrogens (tertiary/aromatic N) is 3. The molecular formula is C11H9BrClN5O2. The molecule has 0 aliphatic carbocycles. The molecule has 1 heterocycles. The standard InChI is InChI=1S/C11H9BrClN5O2/c12-5-1-2-7(13)6(3-5)9(19)20-4-8-16-10(14)18-11(15)17-8/h1-3H,4H2,(H4,14,15,16,17,18). The minimum atomic E-state index is -0.603. The quantitative estimate of drug-likeness (QED) is 0.803. The van der Waals surface area contributed by atoms with E-state index < -0.39 is 5.97 Å². The Morgan fingerprint density at radius 2 is 1.90 bits per heavy atom. The number of halogens is 2. The molecule has 0 saturated carbocycles. The molecule has 0 aliphatic heterocycles. The summed E-state index contributed by atoms with van der Waals surface area (Å²) in [6.07, 6.45) is 0. The monoisotopic (exact) mass is 357 g/mol. The van der Waals surface area contributed by atoms with E-state index in [0.717, 1.165) is 0 Å². The van der Waals surface area contributed by atoms with Crippen LogP contribution in [-0.2, 0) is 11.3 Å². The van der Waals surface area contributed by atoms with Crippen LogP contribution in [0.4, 0.5) is 11.9 Å². The van der Waals surface area contributed by atoms with Crippen LogP contribution in [0.25, 0.3) is 0 Å². The molecular weight excluding hydrogens is 350 g/mol. The van der Waals surface area contributed by atoms with Crippen molar-refractivity contribution in [2.75, 3.05) is 11.5 Å². The number of hydrogen-bond acceptors (Lipinski definition) is 7. The molecule has 2 aromatic rings. The summed E-state index contributed by atoms with van der Waals surface area (Å²) in [4.78, 5) is 23.1. The van der Waals surface area contributed by atoms with Crippen molar-refractivity contribution < 1.29 is 9.53 Å². The number of rotatable bonds is 3. The molecule has 0 bridgehead atoms. The summed E-state index contributed by atoms with van der Waals surface area (Å²) in [6, 6.07) is 4.86. The summed E-state index contributed by atoms with van der Waals surface area (Å²) in [7, 11) is 0. The fourth-order valence-corrected chi connectivity index (χ4v) is 1.94. The Hall–Kier alpha value is -1.93. The highest BCUT2D eigenvalue weighted by molar-refractivity contribution is 9.10. The highest BCUT2D eigenvalue weighted by atomic mass is 79.9. The third kappa shape index (κ3) is 3.55. The lowest BCUT2D eigenvalue weighted by molar-refractivity contribution is 0.0462. The maximum atomic E-state index is 11.9. The number of hydrogen-bond donors (Lipinski definition) is 2. The molecule has 0 amide bonds. The number of nitrogens with two attached hydrogens (primary N) is 2. The lowest BCUT2D eigenvalue weighted by Gasteiger charge is -2.06. The van der Waals surface area contributed by atoms with E-state index in [0.29, 0.717) is 4.47 Å². The topological polar surface area (TPSA) is 117 Å². The number of anilines is 2. The smallest absolute Gasteiger partial charge is 0.340 e. The molecule has 1 aromatic heterocycles. The van der Waals surface area contributed by atoms with Crippen molar-refractivity contribution in [1.29, 1.82) is 0 Å². The molecule has 0 atom stereocenters. The molecule has 0 radical (unpaired) electrons. The molecule has 0 spiro atoms. The van der Waals surface area contributed by atoms with Crippen molar-refractivity contribution in [3.63, 3.8) is 0 Å². The molecule has 1 aromatic carbocycles. The van der Waals surface area contributed by atoms with Crippen LogP contribution < -0.4 is 11.5 Å². The fourth-order valence-electron chi connectivity index (χ4n) is 1.38. The van der Waals surface area contributed by atoms with Gasteiger partial charge in [0.05, 0.1) is 10.6 Å². The van der Waals surface area contributed by atoms with E-state index in [1.54, 1.807) is 18.2 Å². The van der Waals surface area contributed by atoms with E-state index in [2.05, 4.69) is 30.9 Å². The van der Waals surface area contributed by atoms with Crippen LogP contribution in [0.1, 0.15) is 16.2 Å². The first-order valence-electron chi connectivity index (χ1n) is 5.34. The van der Waals surface area contributed by atoms with Crippen LogP contribution in [-0.4, -0.2) is 20.9 Å². The summed E-state index contributed by atoms with van der Waals surface area (Å²) in [5, 5.41) is 0.285. The van der Waals surface area contributed by atoms with Gasteiger partial charge in [0.25, 0.3) is 0 Å². The van der Waals surface area contributed by atoms with Gasteiger partial charge in [0.1, 0.15) is 0 Å². The summed E-state index contributed by atoms with van der Waals surface area (Å²) >= 11 is 9.17. The maximum Gasteiger partial charge on any atom is 0.340 e. The van der Waals surface area contributed by atoms with Gasteiger partial charge in [0.15, 0.2) is 12.4 Å². The Labute approximate surface area is 127 Å². The number of aromatic nitrogens is 3. The van der Waals surface area contributed by atoms with Gasteiger partial charge in [-0.25, -0.2) is 4.79 Å². The number of nitrogen functional groups attached to an aromatic ring is 2. The highest BCUT2D eigenvalue weighted by Gasteiger charge is 2.13. The number of esters is 1. The summed E-state index contributed by atoms with van der Waals surface area (Å²) < 4.78 is 5.76. The van der Waals surface area contributed by atoms with Crippen LogP contribution in [0.2, 0.25) is 5.02 Å². The Morgan fingerprint density at radius 3 is 2.55 bits per heavy atom. The van der Waals surface area contributed by atoms with Crippen LogP contribution in [0.3, 0.4) is 0 Å². The van der Waals surface area contributed by atoms with Crippen LogP contribution in [0, 0.1) is 0 Å². The van der Waals surface area contributed by atoms with Gasteiger partial charge in [-0.3, -0.25) is 0 Å². The molecule has 0 unspecified atom stereocenters. The zero-order valence-electron chi connectivity index (χ0n) is 10.0. The lowest BCUT2D eigenvalue weighted by Crippen LogP contribution is -2.11. The van der Waals surface area contributed by atoms with Crippen molar-refractivity contribution in [2.45, 2.75) is 6.61 Å². The van der Waals surface area contributed by atoms with Gasteiger partial charge in [0, 0.05) is 4.47 Å². The van der Waals surface area contributed by atoms with Gasteiger partial charge in [-0.15, -0.1) is 0 Å². The fraction of sp³-hybridized carbons (Fsp3) is 0.0909. The van der Waals surface area contributed by atoms with E-state index in [9.17, 15) is 4.79 Å². The van der Waals surface area contributed by atoms with Gasteiger partial charge in [-0.1, -0.05) is 27.5 Å². The number of carbonyl (C=O) groups is 1. The van der Waals surface area contributed by atoms with Crippen LogP contribution >= 0.6 is 27.5 Å². The first-order chi connectivity index (χ1) is 9.45. The van der Waals surface area contributed by atoms with Gasteiger partial charge < -0.3 is 16.2 Å². The first kappa shape index (κ1) is 14.5. The second kappa shape index (κ2) is 6.02. The van der Waals surface area contributed by atoms with Crippen molar-refractivity contribution in [3.8, 4) is 0 Å². The second-order valence-corrected chi connectivity index (χ2v) is 4.99. The predicted molar refractivity (Wildman–Crippen MR) is 76.9 cm³/mol. The average molecular weight is 359 g/mol. The molecule has 0 saturated heterocycles. The Kier molecular flexibility index (Phi) is 4.35. The molecule has 0 aliphatic rings.